The van der Waals surface area contributed by atoms with Gasteiger partial charge in [-0.2, -0.15) is 0 Å². The van der Waals surface area contributed by atoms with Crippen LogP contribution in [0.25, 0.3) is 0 Å². The molecular weight excluding hydrogens is 389 g/mol. The summed E-state index contributed by atoms with van der Waals surface area (Å²) in [5.41, 5.74) is 11.4. The van der Waals surface area contributed by atoms with Crippen molar-refractivity contribution in [1.29, 1.82) is 0 Å². The second-order valence-corrected chi connectivity index (χ2v) is 15.9. The van der Waals surface area contributed by atoms with Gasteiger partial charge in [-0.25, -0.2) is 0 Å². The lowest BCUT2D eigenvalue weighted by Crippen LogP contribution is -2.53. The standard InChI is InChI=1S/C19H36O3Si4/c1-14(2)11-23-20-26(21-24-12-15(3)4,22-25-13-16(5)6)19-10-17-7-8-18(19)9-17/h7-8,11-13,17-19H,9-10,23-25H2,1-6H3. The van der Waals surface area contributed by atoms with E-state index in [0.717, 1.165) is 0 Å². The summed E-state index contributed by atoms with van der Waals surface area (Å²) >= 11 is 0. The first-order valence-corrected chi connectivity index (χ1v) is 15.8. The monoisotopic (exact) mass is 424 g/mol. The van der Waals surface area contributed by atoms with E-state index in [4.69, 9.17) is 12.3 Å². The van der Waals surface area contributed by atoms with Crippen LogP contribution >= 0.6 is 0 Å². The van der Waals surface area contributed by atoms with E-state index >= 15 is 0 Å². The first-order chi connectivity index (χ1) is 12.3. The molecule has 0 aromatic rings. The molecule has 3 nitrogen and oxygen atoms in total. The number of hydrogen-bond acceptors (Lipinski definition) is 3. The molecule has 0 amide bonds. The topological polar surface area (TPSA) is 27.7 Å². The van der Waals surface area contributed by atoms with E-state index in [9.17, 15) is 0 Å². The van der Waals surface area contributed by atoms with Crippen LogP contribution in [0.1, 0.15) is 54.4 Å². The van der Waals surface area contributed by atoms with Gasteiger partial charge in [0.2, 0.25) is 0 Å². The molecule has 3 unspecified atom stereocenters. The third-order valence-corrected chi connectivity index (χ3v) is 16.4. The molecule has 0 spiro atoms. The molecule has 0 heterocycles. The zero-order valence-corrected chi connectivity index (χ0v) is 22.6. The summed E-state index contributed by atoms with van der Waals surface area (Å²) < 4.78 is 20.0. The highest BCUT2D eigenvalue weighted by Gasteiger charge is 2.55. The molecule has 146 valence electrons. The van der Waals surface area contributed by atoms with Crippen molar-refractivity contribution in [3.05, 3.63) is 46.0 Å². The van der Waals surface area contributed by atoms with Gasteiger partial charge < -0.3 is 12.3 Å². The van der Waals surface area contributed by atoms with Crippen LogP contribution in [-0.2, 0) is 12.3 Å². The van der Waals surface area contributed by atoms with Gasteiger partial charge in [-0.15, -0.1) is 0 Å². The Kier molecular flexibility index (Phi) is 8.72. The first-order valence-electron chi connectivity index (χ1n) is 9.82. The minimum atomic E-state index is -2.62. The molecule has 1 fully saturated rings. The van der Waals surface area contributed by atoms with Gasteiger partial charge >= 0.3 is 8.80 Å². The SMILES string of the molecule is CC(C)=C[SiH2]O[Si](O[SiH2]C=C(C)C)(O[SiH2]C=C(C)C)C1CC2C=CC1C2. The Morgan fingerprint density at radius 2 is 1.23 bits per heavy atom. The average Bonchev–Trinajstić information content (AvgIpc) is 3.16. The molecule has 0 N–H and O–H groups in total. The van der Waals surface area contributed by atoms with E-state index in [1.165, 1.54) is 29.6 Å². The van der Waals surface area contributed by atoms with Crippen molar-refractivity contribution in [1.82, 2.24) is 0 Å². The van der Waals surface area contributed by atoms with Gasteiger partial charge in [0.05, 0.1) is 0 Å². The molecule has 7 heteroatoms. The van der Waals surface area contributed by atoms with E-state index < -0.39 is 38.1 Å². The molecule has 2 aliphatic carbocycles. The van der Waals surface area contributed by atoms with Crippen LogP contribution in [0, 0.1) is 11.8 Å². The number of allylic oxidation sites excluding steroid dienone is 5. The summed E-state index contributed by atoms with van der Waals surface area (Å²) in [6, 6.07) is 0. The predicted octanol–water partition coefficient (Wildman–Crippen LogP) is 2.96. The van der Waals surface area contributed by atoms with Gasteiger partial charge in [-0.3, -0.25) is 0 Å². The average molecular weight is 425 g/mol. The van der Waals surface area contributed by atoms with Gasteiger partial charge in [-0.1, -0.05) is 46.0 Å². The molecule has 1 saturated carbocycles. The highest BCUT2D eigenvalue weighted by molar-refractivity contribution is 6.76. The number of fused-ring (bicyclic) bond motifs is 2. The normalized spacial score (nSPS) is 27.1. The van der Waals surface area contributed by atoms with Crippen LogP contribution in [0.2, 0.25) is 5.54 Å². The molecule has 2 bridgehead atoms. The predicted molar refractivity (Wildman–Crippen MR) is 122 cm³/mol. The quantitative estimate of drug-likeness (QED) is 0.398. The maximum Gasteiger partial charge on any atom is 0.473 e. The fourth-order valence-corrected chi connectivity index (χ4v) is 15.6. The Bertz CT molecular complexity index is 531. The van der Waals surface area contributed by atoms with Crippen LogP contribution < -0.4 is 0 Å². The first kappa shape index (κ1) is 22.0. The van der Waals surface area contributed by atoms with Gasteiger partial charge in [0.25, 0.3) is 0 Å². The fraction of sp³-hybridized carbons (Fsp3) is 0.579. The second kappa shape index (κ2) is 10.3. The second-order valence-electron chi connectivity index (χ2n) is 8.27. The largest absolute Gasteiger partial charge is 0.473 e. The Morgan fingerprint density at radius 1 is 0.769 bits per heavy atom. The van der Waals surface area contributed by atoms with E-state index in [-0.39, 0.29) is 0 Å². The molecule has 3 atom stereocenters. The minimum Gasteiger partial charge on any atom is -0.418 e. The zero-order valence-electron chi connectivity index (χ0n) is 17.4. The lowest BCUT2D eigenvalue weighted by molar-refractivity contribution is 0.255. The lowest BCUT2D eigenvalue weighted by atomic mass is 10.1. The minimum absolute atomic E-state index is 0.478. The van der Waals surface area contributed by atoms with Crippen LogP contribution in [0.15, 0.2) is 46.0 Å². The Labute approximate surface area is 168 Å². The van der Waals surface area contributed by atoms with Crippen molar-refractivity contribution in [3.63, 3.8) is 0 Å². The van der Waals surface area contributed by atoms with E-state index in [1.54, 1.807) is 0 Å². The van der Waals surface area contributed by atoms with Crippen molar-refractivity contribution < 1.29 is 12.3 Å². The van der Waals surface area contributed by atoms with E-state index in [1.807, 2.05) is 0 Å². The van der Waals surface area contributed by atoms with Crippen molar-refractivity contribution >= 4 is 38.1 Å². The van der Waals surface area contributed by atoms with Gasteiger partial charge in [-0.05, 0) is 66.2 Å². The molecule has 2 rings (SSSR count). The Balaban J connectivity index is 2.22. The zero-order chi connectivity index (χ0) is 19.2. The van der Waals surface area contributed by atoms with E-state index in [2.05, 4.69) is 70.8 Å². The van der Waals surface area contributed by atoms with Gasteiger partial charge in [0.15, 0.2) is 29.3 Å². The van der Waals surface area contributed by atoms with Crippen LogP contribution in [0.3, 0.4) is 0 Å². The maximum absolute atomic E-state index is 6.67. The summed E-state index contributed by atoms with van der Waals surface area (Å²) in [5.74, 6) is 1.32. The molecular formula is C19H36O3Si4. The molecule has 0 aliphatic heterocycles. The van der Waals surface area contributed by atoms with Crippen molar-refractivity contribution in [3.8, 4) is 0 Å². The third kappa shape index (κ3) is 6.40. The molecule has 0 radical (unpaired) electrons. The highest BCUT2D eigenvalue weighted by atomic mass is 28.5. The number of hydrogen-bond donors (Lipinski definition) is 0. The summed E-state index contributed by atoms with van der Waals surface area (Å²) in [6.07, 6.45) is 7.27. The maximum atomic E-state index is 6.67. The van der Waals surface area contributed by atoms with Gasteiger partial charge in [0.1, 0.15) is 0 Å². The van der Waals surface area contributed by atoms with Crippen LogP contribution in [0.5, 0.6) is 0 Å². The molecule has 0 aromatic heterocycles. The summed E-state index contributed by atoms with van der Waals surface area (Å²) in [6.45, 7) is 12.9. The summed E-state index contributed by atoms with van der Waals surface area (Å²) in [7, 11) is -4.88. The van der Waals surface area contributed by atoms with E-state index in [0.29, 0.717) is 17.4 Å². The lowest BCUT2D eigenvalue weighted by Gasteiger charge is -2.38. The third-order valence-electron chi connectivity index (χ3n) is 5.06. The van der Waals surface area contributed by atoms with Crippen LogP contribution in [0.4, 0.5) is 0 Å². The molecule has 26 heavy (non-hydrogen) atoms. The smallest absolute Gasteiger partial charge is 0.418 e. The summed E-state index contributed by atoms with van der Waals surface area (Å²) in [5, 5.41) is 0. The number of rotatable bonds is 10. The van der Waals surface area contributed by atoms with Crippen molar-refractivity contribution in [2.75, 3.05) is 0 Å². The molecule has 0 aromatic carbocycles. The van der Waals surface area contributed by atoms with Gasteiger partial charge in [0, 0.05) is 5.54 Å². The fourth-order valence-electron chi connectivity index (χ4n) is 3.61. The molecule has 0 saturated heterocycles. The highest BCUT2D eigenvalue weighted by Crippen LogP contribution is 2.52. The van der Waals surface area contributed by atoms with Crippen LogP contribution in [-0.4, -0.2) is 38.1 Å². The summed E-state index contributed by atoms with van der Waals surface area (Å²) in [4.78, 5) is 0. The van der Waals surface area contributed by atoms with Crippen molar-refractivity contribution in [2.45, 2.75) is 59.9 Å². The Hall–Kier alpha value is -0.292. The van der Waals surface area contributed by atoms with Crippen molar-refractivity contribution in [2.24, 2.45) is 11.8 Å². The molecule has 2 aliphatic rings. The Morgan fingerprint density at radius 3 is 1.54 bits per heavy atom.